The number of benzene rings is 1. The molecule has 0 saturated carbocycles. The fourth-order valence-corrected chi connectivity index (χ4v) is 2.45. The number of nitrogens with one attached hydrogen (secondary N) is 1. The number of rotatable bonds is 7. The number of hydrogen-bond acceptors (Lipinski definition) is 4. The van der Waals surface area contributed by atoms with Crippen molar-refractivity contribution in [3.8, 4) is 0 Å². The van der Waals surface area contributed by atoms with Gasteiger partial charge in [-0.3, -0.25) is 0 Å². The van der Waals surface area contributed by atoms with Crippen LogP contribution in [-0.4, -0.2) is 40.6 Å². The lowest BCUT2D eigenvalue weighted by atomic mass is 10.3. The molecule has 0 fully saturated rings. The molecule has 4 nitrogen and oxygen atoms in total. The zero-order valence-electron chi connectivity index (χ0n) is 11.9. The van der Waals surface area contributed by atoms with Crippen LogP contribution in [0.1, 0.15) is 13.3 Å². The SMILES string of the molecule is CCCNCCN(C)c1ccc(S(=O)(=O)C(F)(F)F)cc1. The molecular formula is C13H19F3N2O2S. The third-order valence-electron chi connectivity index (χ3n) is 2.94. The summed E-state index contributed by atoms with van der Waals surface area (Å²) in [6.45, 7) is 4.37. The van der Waals surface area contributed by atoms with E-state index < -0.39 is 20.2 Å². The van der Waals surface area contributed by atoms with Gasteiger partial charge in [0.1, 0.15) is 0 Å². The molecule has 0 atom stereocenters. The lowest BCUT2D eigenvalue weighted by molar-refractivity contribution is -0.0436. The summed E-state index contributed by atoms with van der Waals surface area (Å²) in [5.41, 5.74) is -4.61. The highest BCUT2D eigenvalue weighted by Crippen LogP contribution is 2.30. The molecule has 8 heteroatoms. The van der Waals surface area contributed by atoms with E-state index in [-0.39, 0.29) is 0 Å². The van der Waals surface area contributed by atoms with Gasteiger partial charge in [-0.1, -0.05) is 6.92 Å². The van der Waals surface area contributed by atoms with Crippen molar-refractivity contribution >= 4 is 15.5 Å². The van der Waals surface area contributed by atoms with Crippen LogP contribution in [0.15, 0.2) is 29.2 Å². The Morgan fingerprint density at radius 1 is 1.14 bits per heavy atom. The second-order valence-corrected chi connectivity index (χ2v) is 6.56. The summed E-state index contributed by atoms with van der Waals surface area (Å²) in [4.78, 5) is 1.10. The van der Waals surface area contributed by atoms with Crippen LogP contribution >= 0.6 is 0 Å². The maximum Gasteiger partial charge on any atom is 0.501 e. The van der Waals surface area contributed by atoms with E-state index in [1.54, 1.807) is 7.05 Å². The average Bonchev–Trinajstić information content (AvgIpc) is 2.42. The van der Waals surface area contributed by atoms with Gasteiger partial charge in [0.15, 0.2) is 0 Å². The van der Waals surface area contributed by atoms with Crippen LogP contribution in [0.2, 0.25) is 0 Å². The first kappa shape index (κ1) is 17.8. The minimum absolute atomic E-state index is 0.662. The van der Waals surface area contributed by atoms with Gasteiger partial charge in [0.05, 0.1) is 4.90 Å². The van der Waals surface area contributed by atoms with Crippen LogP contribution in [0.5, 0.6) is 0 Å². The van der Waals surface area contributed by atoms with Gasteiger partial charge in [-0.15, -0.1) is 0 Å². The topological polar surface area (TPSA) is 49.4 Å². The summed E-state index contributed by atoms with van der Waals surface area (Å²) < 4.78 is 59.7. The predicted octanol–water partition coefficient (Wildman–Crippen LogP) is 2.42. The Bertz CT molecular complexity index is 542. The lowest BCUT2D eigenvalue weighted by Crippen LogP contribution is -2.29. The highest BCUT2D eigenvalue weighted by molar-refractivity contribution is 7.92. The normalized spacial score (nSPS) is 12.4. The number of nitrogens with zero attached hydrogens (tertiary/aromatic N) is 1. The predicted molar refractivity (Wildman–Crippen MR) is 76.1 cm³/mol. The first-order chi connectivity index (χ1) is 9.70. The lowest BCUT2D eigenvalue weighted by Gasteiger charge is -2.20. The number of likely N-dealkylation sites (N-methyl/N-ethyl adjacent to an activating group) is 1. The van der Waals surface area contributed by atoms with Gasteiger partial charge in [0.25, 0.3) is 9.84 Å². The number of hydrogen-bond donors (Lipinski definition) is 1. The van der Waals surface area contributed by atoms with Crippen LogP contribution in [0.25, 0.3) is 0 Å². The monoisotopic (exact) mass is 324 g/mol. The summed E-state index contributed by atoms with van der Waals surface area (Å²) in [5, 5.41) is 3.20. The highest BCUT2D eigenvalue weighted by atomic mass is 32.2. The maximum atomic E-state index is 12.4. The fraction of sp³-hybridized carbons (Fsp3) is 0.538. The molecule has 21 heavy (non-hydrogen) atoms. The molecule has 0 aliphatic rings. The van der Waals surface area contributed by atoms with E-state index in [9.17, 15) is 21.6 Å². The zero-order chi connectivity index (χ0) is 16.1. The van der Waals surface area contributed by atoms with E-state index in [4.69, 9.17) is 0 Å². The Kier molecular flexibility index (Phi) is 6.03. The molecule has 0 radical (unpaired) electrons. The minimum Gasteiger partial charge on any atom is -0.373 e. The quantitative estimate of drug-likeness (QED) is 0.783. The number of halogens is 3. The van der Waals surface area contributed by atoms with Gasteiger partial charge in [0, 0.05) is 25.8 Å². The Morgan fingerprint density at radius 3 is 2.19 bits per heavy atom. The van der Waals surface area contributed by atoms with Crippen molar-refractivity contribution in [3.05, 3.63) is 24.3 Å². The summed E-state index contributed by atoms with van der Waals surface area (Å²) >= 11 is 0. The third kappa shape index (κ3) is 4.60. The molecule has 120 valence electrons. The van der Waals surface area contributed by atoms with Crippen molar-refractivity contribution in [1.29, 1.82) is 0 Å². The van der Waals surface area contributed by atoms with Crippen LogP contribution in [-0.2, 0) is 9.84 Å². The largest absolute Gasteiger partial charge is 0.501 e. The molecule has 1 N–H and O–H groups in total. The Morgan fingerprint density at radius 2 is 1.71 bits per heavy atom. The molecule has 0 heterocycles. The van der Waals surface area contributed by atoms with Crippen molar-refractivity contribution in [3.63, 3.8) is 0 Å². The van der Waals surface area contributed by atoms with Crippen LogP contribution in [0, 0.1) is 0 Å². The van der Waals surface area contributed by atoms with Gasteiger partial charge in [-0.05, 0) is 37.2 Å². The zero-order valence-corrected chi connectivity index (χ0v) is 12.8. The van der Waals surface area contributed by atoms with Gasteiger partial charge in [-0.2, -0.15) is 13.2 Å². The first-order valence-electron chi connectivity index (χ1n) is 6.53. The van der Waals surface area contributed by atoms with E-state index >= 15 is 0 Å². The molecular weight excluding hydrogens is 305 g/mol. The number of sulfone groups is 1. The molecule has 1 aromatic carbocycles. The van der Waals surface area contributed by atoms with Gasteiger partial charge >= 0.3 is 5.51 Å². The van der Waals surface area contributed by atoms with Crippen molar-refractivity contribution in [2.45, 2.75) is 23.7 Å². The molecule has 0 spiro atoms. The van der Waals surface area contributed by atoms with E-state index in [1.807, 2.05) is 4.90 Å². The molecule has 0 aliphatic carbocycles. The third-order valence-corrected chi connectivity index (χ3v) is 4.45. The summed E-state index contributed by atoms with van der Waals surface area (Å²) in [7, 11) is -3.48. The Balaban J connectivity index is 2.74. The van der Waals surface area contributed by atoms with Crippen molar-refractivity contribution in [2.75, 3.05) is 31.6 Å². The standard InChI is InChI=1S/C13H19F3N2O2S/c1-3-8-17-9-10-18(2)11-4-6-12(7-5-11)21(19,20)13(14,15)16/h4-7,17H,3,8-10H2,1-2H3. The molecule has 0 unspecified atom stereocenters. The second-order valence-electron chi connectivity index (χ2n) is 4.61. The minimum atomic E-state index is -5.27. The molecule has 1 aromatic rings. The smallest absolute Gasteiger partial charge is 0.373 e. The summed E-state index contributed by atoms with van der Waals surface area (Å²) in [5.74, 6) is 0. The van der Waals surface area contributed by atoms with E-state index in [0.717, 1.165) is 31.6 Å². The fourth-order valence-electron chi connectivity index (χ4n) is 1.69. The molecule has 0 aliphatic heterocycles. The van der Waals surface area contributed by atoms with Gasteiger partial charge in [-0.25, -0.2) is 8.42 Å². The van der Waals surface area contributed by atoms with Crippen LogP contribution in [0.4, 0.5) is 18.9 Å². The Hall–Kier alpha value is -1.28. The number of alkyl halides is 3. The van der Waals surface area contributed by atoms with Gasteiger partial charge in [0.2, 0.25) is 0 Å². The molecule has 0 bridgehead atoms. The highest BCUT2D eigenvalue weighted by Gasteiger charge is 2.46. The van der Waals surface area contributed by atoms with E-state index in [2.05, 4.69) is 12.2 Å². The van der Waals surface area contributed by atoms with Crippen molar-refractivity contribution < 1.29 is 21.6 Å². The van der Waals surface area contributed by atoms with Crippen molar-refractivity contribution in [2.24, 2.45) is 0 Å². The molecule has 0 aromatic heterocycles. The van der Waals surface area contributed by atoms with Crippen LogP contribution < -0.4 is 10.2 Å². The van der Waals surface area contributed by atoms with E-state index in [0.29, 0.717) is 12.2 Å². The Labute approximate surface area is 122 Å². The summed E-state index contributed by atoms with van der Waals surface area (Å²) in [6.07, 6.45) is 1.02. The van der Waals surface area contributed by atoms with E-state index in [1.165, 1.54) is 12.1 Å². The first-order valence-corrected chi connectivity index (χ1v) is 8.01. The maximum absolute atomic E-state index is 12.4. The van der Waals surface area contributed by atoms with Gasteiger partial charge < -0.3 is 10.2 Å². The van der Waals surface area contributed by atoms with Crippen LogP contribution in [0.3, 0.4) is 0 Å². The average molecular weight is 324 g/mol. The number of anilines is 1. The second kappa shape index (κ2) is 7.13. The molecule has 0 saturated heterocycles. The van der Waals surface area contributed by atoms with Crippen molar-refractivity contribution in [1.82, 2.24) is 5.32 Å². The molecule has 0 amide bonds. The summed E-state index contributed by atoms with van der Waals surface area (Å²) in [6, 6.07) is 4.71. The molecule has 1 rings (SSSR count).